The number of hydrogen-bond donors (Lipinski definition) is 1. The number of nitrogens with zero attached hydrogens (tertiary/aromatic N) is 3. The van der Waals surface area contributed by atoms with Crippen LogP contribution in [0.5, 0.6) is 0 Å². The van der Waals surface area contributed by atoms with Gasteiger partial charge in [0.1, 0.15) is 0 Å². The number of aryl methyl sites for hydroxylation is 2. The molecule has 120 valence electrons. The highest BCUT2D eigenvalue weighted by molar-refractivity contribution is 7.99. The molecular formula is C17H13ClN4OS. The highest BCUT2D eigenvalue weighted by Crippen LogP contribution is 2.31. The van der Waals surface area contributed by atoms with E-state index < -0.39 is 0 Å². The van der Waals surface area contributed by atoms with Gasteiger partial charge in [-0.25, -0.2) is 9.73 Å². The molecule has 0 saturated carbocycles. The van der Waals surface area contributed by atoms with E-state index in [1.54, 1.807) is 22.7 Å². The van der Waals surface area contributed by atoms with Gasteiger partial charge in [0.05, 0.1) is 10.9 Å². The predicted octanol–water partition coefficient (Wildman–Crippen LogP) is 3.99. The molecular weight excluding hydrogens is 344 g/mol. The Labute approximate surface area is 146 Å². The summed E-state index contributed by atoms with van der Waals surface area (Å²) in [5, 5.41) is 8.90. The first-order valence-corrected chi connectivity index (χ1v) is 8.54. The van der Waals surface area contributed by atoms with Crippen LogP contribution in [-0.2, 0) is 0 Å². The van der Waals surface area contributed by atoms with Gasteiger partial charge in [-0.05, 0) is 43.7 Å². The molecule has 4 aromatic rings. The number of aromatic nitrogens is 4. The molecule has 7 heteroatoms. The van der Waals surface area contributed by atoms with Crippen molar-refractivity contribution in [2.24, 2.45) is 0 Å². The maximum absolute atomic E-state index is 12.3. The Hall–Kier alpha value is -2.31. The van der Waals surface area contributed by atoms with Gasteiger partial charge in [-0.2, -0.15) is 4.98 Å². The summed E-state index contributed by atoms with van der Waals surface area (Å²) in [6.07, 6.45) is 0. The summed E-state index contributed by atoms with van der Waals surface area (Å²) >= 11 is 7.47. The van der Waals surface area contributed by atoms with Crippen molar-refractivity contribution in [1.82, 2.24) is 19.8 Å². The molecule has 0 unspecified atom stereocenters. The second-order valence-electron chi connectivity index (χ2n) is 5.63. The van der Waals surface area contributed by atoms with Crippen LogP contribution < -0.4 is 5.56 Å². The van der Waals surface area contributed by atoms with E-state index in [2.05, 4.69) is 47.3 Å². The number of fused-ring (bicyclic) bond motifs is 3. The third-order valence-corrected chi connectivity index (χ3v) is 5.21. The van der Waals surface area contributed by atoms with E-state index in [9.17, 15) is 4.79 Å². The Morgan fingerprint density at radius 3 is 2.79 bits per heavy atom. The van der Waals surface area contributed by atoms with Crippen molar-refractivity contribution < 1.29 is 0 Å². The summed E-state index contributed by atoms with van der Waals surface area (Å²) in [6, 6.07) is 11.4. The fourth-order valence-corrected chi connectivity index (χ4v) is 3.72. The normalized spacial score (nSPS) is 11.5. The molecule has 2 aromatic carbocycles. The second kappa shape index (κ2) is 5.65. The molecule has 0 bridgehead atoms. The molecule has 0 spiro atoms. The van der Waals surface area contributed by atoms with E-state index in [4.69, 9.17) is 11.6 Å². The average Bonchev–Trinajstić information content (AvgIpc) is 2.93. The highest BCUT2D eigenvalue weighted by Gasteiger charge is 2.14. The van der Waals surface area contributed by atoms with Crippen LogP contribution in [0.25, 0.3) is 16.6 Å². The third kappa shape index (κ3) is 2.48. The van der Waals surface area contributed by atoms with Gasteiger partial charge in [-0.3, -0.25) is 4.79 Å². The molecule has 0 fully saturated rings. The fraction of sp³-hybridized carbons (Fsp3) is 0.118. The molecule has 2 aromatic heterocycles. The minimum atomic E-state index is -0.309. The number of nitrogens with one attached hydrogen (secondary N) is 1. The van der Waals surface area contributed by atoms with Gasteiger partial charge >= 0.3 is 0 Å². The summed E-state index contributed by atoms with van der Waals surface area (Å²) in [5.41, 5.74) is 3.28. The zero-order chi connectivity index (χ0) is 16.8. The lowest BCUT2D eigenvalue weighted by molar-refractivity contribution is 0.857. The van der Waals surface area contributed by atoms with Crippen molar-refractivity contribution in [2.45, 2.75) is 23.8 Å². The lowest BCUT2D eigenvalue weighted by Crippen LogP contribution is -2.10. The van der Waals surface area contributed by atoms with Crippen molar-refractivity contribution in [3.8, 4) is 0 Å². The minimum absolute atomic E-state index is 0.309. The van der Waals surface area contributed by atoms with Crippen molar-refractivity contribution in [1.29, 1.82) is 0 Å². The first kappa shape index (κ1) is 15.2. The maximum atomic E-state index is 12.3. The van der Waals surface area contributed by atoms with E-state index in [-0.39, 0.29) is 5.56 Å². The Morgan fingerprint density at radius 1 is 1.17 bits per heavy atom. The van der Waals surface area contributed by atoms with E-state index >= 15 is 0 Å². The first-order chi connectivity index (χ1) is 11.5. The van der Waals surface area contributed by atoms with Gasteiger partial charge in [0.25, 0.3) is 5.56 Å². The number of aromatic amines is 1. The lowest BCUT2D eigenvalue weighted by atomic mass is 10.2. The van der Waals surface area contributed by atoms with E-state index in [0.29, 0.717) is 26.6 Å². The fourth-order valence-electron chi connectivity index (χ4n) is 2.67. The van der Waals surface area contributed by atoms with Crippen molar-refractivity contribution in [2.75, 3.05) is 0 Å². The number of halogens is 1. The molecule has 0 radical (unpaired) electrons. The van der Waals surface area contributed by atoms with Gasteiger partial charge in [0, 0.05) is 9.92 Å². The monoisotopic (exact) mass is 356 g/mol. The van der Waals surface area contributed by atoms with Crippen LogP contribution >= 0.6 is 23.4 Å². The summed E-state index contributed by atoms with van der Waals surface area (Å²) < 4.78 is 1.71. The third-order valence-electron chi connectivity index (χ3n) is 3.83. The van der Waals surface area contributed by atoms with E-state index in [1.807, 2.05) is 0 Å². The molecule has 4 rings (SSSR count). The smallest absolute Gasteiger partial charge is 0.267 e. The molecule has 24 heavy (non-hydrogen) atoms. The van der Waals surface area contributed by atoms with E-state index in [1.165, 1.54) is 17.3 Å². The van der Waals surface area contributed by atoms with Gasteiger partial charge in [0.15, 0.2) is 10.7 Å². The summed E-state index contributed by atoms with van der Waals surface area (Å²) in [6.45, 7) is 4.12. The van der Waals surface area contributed by atoms with Crippen LogP contribution in [0.3, 0.4) is 0 Å². The minimum Gasteiger partial charge on any atom is -0.267 e. The zero-order valence-electron chi connectivity index (χ0n) is 13.0. The van der Waals surface area contributed by atoms with Crippen molar-refractivity contribution >= 4 is 39.9 Å². The van der Waals surface area contributed by atoms with Gasteiger partial charge in [-0.15, -0.1) is 5.10 Å². The van der Waals surface area contributed by atoms with Gasteiger partial charge in [-0.1, -0.05) is 41.1 Å². The zero-order valence-corrected chi connectivity index (χ0v) is 14.6. The van der Waals surface area contributed by atoms with Crippen LogP contribution in [0, 0.1) is 13.8 Å². The maximum Gasteiger partial charge on any atom is 0.281 e. The summed E-state index contributed by atoms with van der Waals surface area (Å²) in [5.74, 6) is 0. The van der Waals surface area contributed by atoms with Gasteiger partial charge < -0.3 is 0 Å². The number of H-pyrrole nitrogens is 1. The number of hydrogen-bond acceptors (Lipinski definition) is 4. The Kier molecular flexibility index (Phi) is 3.58. The first-order valence-electron chi connectivity index (χ1n) is 7.34. The quantitative estimate of drug-likeness (QED) is 0.589. The van der Waals surface area contributed by atoms with Crippen molar-refractivity contribution in [3.05, 3.63) is 62.9 Å². The van der Waals surface area contributed by atoms with Crippen LogP contribution in [0.4, 0.5) is 0 Å². The Balaban J connectivity index is 1.90. The molecule has 2 heterocycles. The SMILES string of the molecule is Cc1ccc(Sc2n[nH]n3c2nc(=O)c2cc(Cl)ccc23)c(C)c1. The van der Waals surface area contributed by atoms with Crippen LogP contribution in [-0.4, -0.2) is 19.8 Å². The Morgan fingerprint density at radius 2 is 2.00 bits per heavy atom. The standard InChI is InChI=1S/C17H13ClN4OS/c1-9-3-6-14(10(2)7-9)24-17-15-19-16(23)12-8-11(18)4-5-13(12)22(15)21-20-17/h3-8,21H,1-2H3. The van der Waals surface area contributed by atoms with Crippen LogP contribution in [0.1, 0.15) is 11.1 Å². The predicted molar refractivity (Wildman–Crippen MR) is 96.2 cm³/mol. The second-order valence-corrected chi connectivity index (χ2v) is 7.09. The number of rotatable bonds is 2. The van der Waals surface area contributed by atoms with Crippen LogP contribution in [0.15, 0.2) is 51.1 Å². The van der Waals surface area contributed by atoms with Gasteiger partial charge in [0.2, 0.25) is 0 Å². The van der Waals surface area contributed by atoms with Crippen LogP contribution in [0.2, 0.25) is 5.02 Å². The molecule has 5 nitrogen and oxygen atoms in total. The molecule has 0 amide bonds. The topological polar surface area (TPSA) is 63.1 Å². The largest absolute Gasteiger partial charge is 0.281 e. The molecule has 0 aliphatic carbocycles. The molecule has 0 aliphatic rings. The average molecular weight is 357 g/mol. The lowest BCUT2D eigenvalue weighted by Gasteiger charge is -2.04. The number of benzene rings is 2. The Bertz CT molecular complexity index is 1150. The molecule has 0 atom stereocenters. The molecule has 0 saturated heterocycles. The molecule has 1 N–H and O–H groups in total. The van der Waals surface area contributed by atoms with E-state index in [0.717, 1.165) is 10.5 Å². The highest BCUT2D eigenvalue weighted by atomic mass is 35.5. The van der Waals surface area contributed by atoms with Crippen molar-refractivity contribution in [3.63, 3.8) is 0 Å². The summed E-state index contributed by atoms with van der Waals surface area (Å²) in [4.78, 5) is 17.6. The summed E-state index contributed by atoms with van der Waals surface area (Å²) in [7, 11) is 0. The molecule has 0 aliphatic heterocycles.